The third-order valence-electron chi connectivity index (χ3n) is 10.9. The Kier molecular flexibility index (Phi) is 13.1. The standard InChI is InChI=1S/C34H34NS.C14H26O2.Ir/c1-20-11-12-23-22(15-20)16-27-31-30-25(13-14-35-31)24-10-8-9-21(18-33(2,3)4)26(24)17-29(30)36-32(27)28(23)19-34(5,6)7;1-6-11(7-2)12(15)10-13(16)14(5,8-3)9-4;/h8-15,17H,18-19H2,1-7H3;10-11,16H,6-9H2,1-5H3;/q-1;;/b;13-10-;/i14D;;. The minimum Gasteiger partial charge on any atom is -0.512 e. The smallest absolute Gasteiger partial charge is 0.162 e. The minimum atomic E-state index is -0.248. The van der Waals surface area contributed by atoms with Crippen LogP contribution in [0.15, 0.2) is 76.3 Å². The first-order valence-corrected chi connectivity index (χ1v) is 20.1. The van der Waals surface area contributed by atoms with Gasteiger partial charge in [0.25, 0.3) is 0 Å². The topological polar surface area (TPSA) is 50.2 Å². The number of carbonyl (C=O) groups is 1. The van der Waals surface area contributed by atoms with Crippen molar-refractivity contribution in [2.45, 2.75) is 131 Å². The van der Waals surface area contributed by atoms with Gasteiger partial charge in [0.1, 0.15) is 5.76 Å². The average Bonchev–Trinajstić information content (AvgIpc) is 3.08. The molecule has 1 aliphatic rings. The van der Waals surface area contributed by atoms with Gasteiger partial charge in [-0.15, -0.1) is 29.3 Å². The van der Waals surface area contributed by atoms with Gasteiger partial charge in [-0.2, -0.15) is 0 Å². The molecule has 0 spiro atoms. The Morgan fingerprint density at radius 1 is 0.887 bits per heavy atom. The van der Waals surface area contributed by atoms with Gasteiger partial charge in [0.2, 0.25) is 0 Å². The Balaban J connectivity index is 0.000000327. The molecule has 0 aliphatic carbocycles. The first-order valence-electron chi connectivity index (χ1n) is 19.8. The molecule has 1 radical (unpaired) electrons. The molecule has 5 heteroatoms. The molecule has 3 nitrogen and oxygen atoms in total. The number of allylic oxidation sites excluding steroid dienone is 2. The molecule has 0 saturated heterocycles. The van der Waals surface area contributed by atoms with Crippen molar-refractivity contribution in [3.8, 4) is 11.3 Å². The zero-order chi connectivity index (χ0) is 39.0. The van der Waals surface area contributed by atoms with Crippen molar-refractivity contribution in [3.05, 3.63) is 89.3 Å². The quantitative estimate of drug-likeness (QED) is 0.0680. The number of ketones is 1. The van der Waals surface area contributed by atoms with Crippen molar-refractivity contribution >= 4 is 49.9 Å². The van der Waals surface area contributed by atoms with Gasteiger partial charge < -0.3 is 5.11 Å². The van der Waals surface area contributed by atoms with Gasteiger partial charge in [0.05, 0.1) is 1.37 Å². The van der Waals surface area contributed by atoms with Crippen LogP contribution in [0, 0.1) is 35.2 Å². The van der Waals surface area contributed by atoms with Crippen LogP contribution in [0.1, 0.15) is 120 Å². The molecule has 0 fully saturated rings. The van der Waals surface area contributed by atoms with Crippen LogP contribution in [0.4, 0.5) is 0 Å². The summed E-state index contributed by atoms with van der Waals surface area (Å²) >= 11 is 1.88. The van der Waals surface area contributed by atoms with Crippen LogP contribution in [0.2, 0.25) is 0 Å². The number of aromatic nitrogens is 1. The normalized spacial score (nSPS) is 13.5. The van der Waals surface area contributed by atoms with Gasteiger partial charge in [-0.25, -0.2) is 0 Å². The van der Waals surface area contributed by atoms with E-state index in [-0.39, 0.29) is 53.8 Å². The fraction of sp³-hybridized carbons (Fsp3) is 0.458. The van der Waals surface area contributed by atoms with E-state index in [0.29, 0.717) is 6.17 Å². The number of carbonyl (C=O) groups excluding carboxylic acids is 1. The first kappa shape index (κ1) is 41.2. The number of hydrogen-bond acceptors (Lipinski definition) is 4. The summed E-state index contributed by atoms with van der Waals surface area (Å²) in [5, 5.41) is 17.2. The second-order valence-electron chi connectivity index (χ2n) is 17.6. The van der Waals surface area contributed by atoms with Gasteiger partial charge >= 0.3 is 0 Å². The zero-order valence-electron chi connectivity index (χ0n) is 35.1. The molecule has 4 aromatic carbocycles. The van der Waals surface area contributed by atoms with E-state index in [1.54, 1.807) is 0 Å². The maximum atomic E-state index is 11.9. The molecule has 0 amide bonds. The number of aryl methyl sites for hydroxylation is 1. The number of hydrogen-bond donors (Lipinski definition) is 1. The van der Waals surface area contributed by atoms with Crippen LogP contribution < -0.4 is 0 Å². The third kappa shape index (κ3) is 9.29. The molecular formula is C48H60IrNO2S-. The number of pyridine rings is 1. The maximum Gasteiger partial charge on any atom is 0.162 e. The average molecular weight is 908 g/mol. The fourth-order valence-corrected chi connectivity index (χ4v) is 8.66. The van der Waals surface area contributed by atoms with E-state index in [9.17, 15) is 9.90 Å². The third-order valence-corrected chi connectivity index (χ3v) is 12.1. The number of aliphatic hydroxyl groups is 1. The molecule has 1 aromatic heterocycles. The summed E-state index contributed by atoms with van der Waals surface area (Å²) in [5.41, 5.74) is 6.02. The van der Waals surface area contributed by atoms with Crippen LogP contribution in [-0.2, 0) is 37.7 Å². The van der Waals surface area contributed by atoms with E-state index >= 15 is 0 Å². The summed E-state index contributed by atoms with van der Waals surface area (Å²) in [7, 11) is 0. The van der Waals surface area contributed by atoms with Crippen molar-refractivity contribution in [1.29, 1.82) is 0 Å². The Bertz CT molecular complexity index is 2200. The number of nitrogens with zero attached hydrogens (tertiary/aromatic N) is 1. The molecule has 1 N–H and O–H groups in total. The number of aliphatic hydroxyl groups excluding tert-OH is 1. The Labute approximate surface area is 338 Å². The predicted molar refractivity (Wildman–Crippen MR) is 225 cm³/mol. The number of rotatable bonds is 9. The van der Waals surface area contributed by atoms with Crippen molar-refractivity contribution in [3.63, 3.8) is 0 Å². The number of benzene rings is 4. The van der Waals surface area contributed by atoms with Crippen molar-refractivity contribution in [2.24, 2.45) is 22.2 Å². The summed E-state index contributed by atoms with van der Waals surface area (Å²) < 4.78 is 8.69. The summed E-state index contributed by atoms with van der Waals surface area (Å²) in [6.45, 7) is 26.1. The monoisotopic (exact) mass is 908 g/mol. The fourth-order valence-electron chi connectivity index (χ4n) is 7.40. The van der Waals surface area contributed by atoms with Crippen molar-refractivity contribution in [1.82, 2.24) is 4.98 Å². The largest absolute Gasteiger partial charge is 0.512 e. The Hall–Kier alpha value is -2.98. The predicted octanol–water partition coefficient (Wildman–Crippen LogP) is 14.2. The second-order valence-corrected chi connectivity index (χ2v) is 18.6. The van der Waals surface area contributed by atoms with Crippen molar-refractivity contribution < 1.29 is 31.4 Å². The van der Waals surface area contributed by atoms with Crippen LogP contribution in [0.3, 0.4) is 0 Å². The maximum absolute atomic E-state index is 11.9. The molecule has 2 heterocycles. The molecule has 0 unspecified atom stereocenters. The van der Waals surface area contributed by atoms with E-state index in [4.69, 9.17) is 6.35 Å². The molecule has 1 aliphatic heterocycles. The van der Waals surface area contributed by atoms with Crippen LogP contribution in [-0.4, -0.2) is 15.9 Å². The SMILES string of the molecule is CCC(CC)C(=O)/C=C(\O)C(C)(CC)CC.[2H]c1cc2c3c(cc4c(CC(C)(C)C)cccc42)Sc2c([c-]c4cc(C)ccc4c2CC(C)(C)C)-c3n1.[Ir]. The van der Waals surface area contributed by atoms with E-state index in [0.717, 1.165) is 60.6 Å². The van der Waals surface area contributed by atoms with Gasteiger partial charge in [-0.3, -0.25) is 9.78 Å². The van der Waals surface area contributed by atoms with Gasteiger partial charge in [0, 0.05) is 54.3 Å². The Morgan fingerprint density at radius 3 is 2.15 bits per heavy atom. The van der Waals surface area contributed by atoms with Gasteiger partial charge in [-0.05, 0) is 100 Å². The van der Waals surface area contributed by atoms with Gasteiger partial charge in [0.15, 0.2) is 5.78 Å². The van der Waals surface area contributed by atoms with E-state index in [1.807, 2.05) is 52.4 Å². The molecule has 285 valence electrons. The summed E-state index contributed by atoms with van der Waals surface area (Å²) in [6, 6.07) is 21.5. The summed E-state index contributed by atoms with van der Waals surface area (Å²) in [5.74, 6) is 0.366. The van der Waals surface area contributed by atoms with E-state index in [2.05, 4.69) is 97.0 Å². The van der Waals surface area contributed by atoms with E-state index in [1.165, 1.54) is 54.1 Å². The number of fused-ring (bicyclic) bond motifs is 5. The van der Waals surface area contributed by atoms with Crippen LogP contribution in [0.5, 0.6) is 0 Å². The molecule has 5 aromatic rings. The van der Waals surface area contributed by atoms with Crippen LogP contribution >= 0.6 is 11.8 Å². The molecule has 6 rings (SSSR count). The van der Waals surface area contributed by atoms with E-state index < -0.39 is 0 Å². The molecule has 0 saturated carbocycles. The summed E-state index contributed by atoms with van der Waals surface area (Å²) in [6.07, 6.45) is 7.13. The molecule has 0 atom stereocenters. The molecule has 53 heavy (non-hydrogen) atoms. The van der Waals surface area contributed by atoms with Crippen LogP contribution in [0.25, 0.3) is 43.6 Å². The molecule has 0 bridgehead atoms. The molecular weight excluding hydrogens is 847 g/mol. The Morgan fingerprint density at radius 2 is 1.55 bits per heavy atom. The van der Waals surface area contributed by atoms with Gasteiger partial charge in [-0.1, -0.05) is 129 Å². The second kappa shape index (κ2) is 16.8. The van der Waals surface area contributed by atoms with Crippen molar-refractivity contribution in [2.75, 3.05) is 0 Å². The summed E-state index contributed by atoms with van der Waals surface area (Å²) in [4.78, 5) is 19.2. The first-order chi connectivity index (χ1) is 24.8. The minimum absolute atomic E-state index is 0. The zero-order valence-corrected chi connectivity index (χ0v) is 37.3.